The van der Waals surface area contributed by atoms with E-state index in [0.717, 1.165) is 23.2 Å². The second kappa shape index (κ2) is 1.57. The molecule has 4 atom stereocenters. The fourth-order valence-corrected chi connectivity index (χ4v) is 3.82. The third kappa shape index (κ3) is 0.544. The van der Waals surface area contributed by atoms with Gasteiger partial charge in [-0.3, -0.25) is 0 Å². The Morgan fingerprint density at radius 2 is 2.18 bits per heavy atom. The lowest BCUT2D eigenvalue weighted by Crippen LogP contribution is -2.37. The summed E-state index contributed by atoms with van der Waals surface area (Å²) in [4.78, 5) is 0. The summed E-state index contributed by atoms with van der Waals surface area (Å²) in [5.41, 5.74) is 2.34. The van der Waals surface area contributed by atoms with Crippen LogP contribution in [-0.2, 0) is 0 Å². The molecule has 60 valence electrons. The van der Waals surface area contributed by atoms with Crippen LogP contribution in [0, 0.1) is 23.2 Å². The maximum Gasteiger partial charge on any atom is -0.0169 e. The zero-order chi connectivity index (χ0) is 7.64. The van der Waals surface area contributed by atoms with Crippen LogP contribution >= 0.6 is 0 Å². The molecule has 0 aromatic carbocycles. The Kier molecular flexibility index (Phi) is 0.898. The molecule has 0 aromatic heterocycles. The van der Waals surface area contributed by atoms with Gasteiger partial charge in [0.25, 0.3) is 0 Å². The predicted molar refractivity (Wildman–Crippen MR) is 46.2 cm³/mol. The summed E-state index contributed by atoms with van der Waals surface area (Å²) < 4.78 is 0. The van der Waals surface area contributed by atoms with Gasteiger partial charge in [-0.05, 0) is 55.8 Å². The van der Waals surface area contributed by atoms with Crippen LogP contribution in [0.5, 0.6) is 0 Å². The standard InChI is InChI=1S/C11H16/c1-7(2)9-6-11-5-8(11)3-4-10(9)11/h8-10H,1,3-6H2,2H3. The normalized spacial score (nSPS) is 57.7. The van der Waals surface area contributed by atoms with Crippen LogP contribution in [0.4, 0.5) is 0 Å². The molecule has 0 N–H and O–H groups in total. The first-order valence-electron chi connectivity index (χ1n) is 4.89. The molecular formula is C11H16. The third-order valence-electron chi connectivity index (χ3n) is 4.56. The van der Waals surface area contributed by atoms with Crippen LogP contribution in [0.25, 0.3) is 0 Å². The van der Waals surface area contributed by atoms with Crippen molar-refractivity contribution in [3.63, 3.8) is 0 Å². The summed E-state index contributed by atoms with van der Waals surface area (Å²) in [6, 6.07) is 0. The minimum Gasteiger partial charge on any atom is -0.0998 e. The van der Waals surface area contributed by atoms with Gasteiger partial charge in [0.2, 0.25) is 0 Å². The van der Waals surface area contributed by atoms with E-state index in [1.807, 2.05) is 0 Å². The molecule has 0 nitrogen and oxygen atoms in total. The van der Waals surface area contributed by atoms with Gasteiger partial charge in [-0.2, -0.15) is 0 Å². The molecule has 0 aliphatic heterocycles. The van der Waals surface area contributed by atoms with Gasteiger partial charge in [0, 0.05) is 0 Å². The van der Waals surface area contributed by atoms with E-state index in [9.17, 15) is 0 Å². The van der Waals surface area contributed by atoms with Gasteiger partial charge in [0.15, 0.2) is 0 Å². The van der Waals surface area contributed by atoms with Gasteiger partial charge in [-0.1, -0.05) is 12.2 Å². The molecule has 11 heavy (non-hydrogen) atoms. The quantitative estimate of drug-likeness (QED) is 0.501. The zero-order valence-electron chi connectivity index (χ0n) is 7.27. The summed E-state index contributed by atoms with van der Waals surface area (Å²) in [5.74, 6) is 3.15. The van der Waals surface area contributed by atoms with Gasteiger partial charge < -0.3 is 0 Å². The third-order valence-corrected chi connectivity index (χ3v) is 4.56. The Balaban J connectivity index is 1.84. The van der Waals surface area contributed by atoms with Gasteiger partial charge in [-0.25, -0.2) is 0 Å². The molecule has 3 aliphatic rings. The predicted octanol–water partition coefficient (Wildman–Crippen LogP) is 3.00. The number of allylic oxidation sites excluding steroid dienone is 1. The SMILES string of the molecule is C=C(C)C1CC23CC2CCC13. The van der Waals surface area contributed by atoms with E-state index < -0.39 is 0 Å². The van der Waals surface area contributed by atoms with Crippen molar-refractivity contribution in [3.8, 4) is 0 Å². The van der Waals surface area contributed by atoms with Gasteiger partial charge in [-0.15, -0.1) is 0 Å². The van der Waals surface area contributed by atoms with Gasteiger partial charge in [0.1, 0.15) is 0 Å². The molecule has 0 heteroatoms. The second-order valence-electron chi connectivity index (χ2n) is 4.98. The summed E-state index contributed by atoms with van der Waals surface area (Å²) >= 11 is 0. The van der Waals surface area contributed by atoms with E-state index in [-0.39, 0.29) is 0 Å². The number of rotatable bonds is 1. The summed E-state index contributed by atoms with van der Waals surface area (Å²) in [5, 5.41) is 0. The monoisotopic (exact) mass is 148 g/mol. The molecule has 3 fully saturated rings. The first-order valence-corrected chi connectivity index (χ1v) is 4.89. The van der Waals surface area contributed by atoms with Crippen molar-refractivity contribution < 1.29 is 0 Å². The van der Waals surface area contributed by atoms with E-state index in [4.69, 9.17) is 0 Å². The minimum absolute atomic E-state index is 0.892. The number of hydrogen-bond acceptors (Lipinski definition) is 0. The smallest absolute Gasteiger partial charge is 0.0169 e. The van der Waals surface area contributed by atoms with Crippen molar-refractivity contribution >= 4 is 0 Å². The highest BCUT2D eigenvalue weighted by atomic mass is 14.7. The van der Waals surface area contributed by atoms with E-state index in [1.165, 1.54) is 24.8 Å². The Labute approximate surface area is 68.7 Å². The van der Waals surface area contributed by atoms with Crippen molar-refractivity contribution in [3.05, 3.63) is 12.2 Å². The van der Waals surface area contributed by atoms with Crippen LogP contribution in [0.3, 0.4) is 0 Å². The largest absolute Gasteiger partial charge is 0.0998 e. The molecule has 3 rings (SSSR count). The lowest BCUT2D eigenvalue weighted by Gasteiger charge is -2.44. The molecule has 3 aliphatic carbocycles. The lowest BCUT2D eigenvalue weighted by atomic mass is 9.60. The first kappa shape index (κ1) is 6.28. The van der Waals surface area contributed by atoms with Crippen LogP contribution < -0.4 is 0 Å². The maximum absolute atomic E-state index is 4.09. The molecule has 0 bridgehead atoms. The zero-order valence-corrected chi connectivity index (χ0v) is 7.27. The van der Waals surface area contributed by atoms with Gasteiger partial charge >= 0.3 is 0 Å². The molecule has 0 heterocycles. The summed E-state index contributed by atoms with van der Waals surface area (Å²) in [6.45, 7) is 6.30. The molecule has 0 amide bonds. The summed E-state index contributed by atoms with van der Waals surface area (Å²) in [6.07, 6.45) is 6.12. The molecule has 0 saturated heterocycles. The Morgan fingerprint density at radius 1 is 1.36 bits per heavy atom. The molecule has 1 spiro atoms. The van der Waals surface area contributed by atoms with Crippen LogP contribution in [0.2, 0.25) is 0 Å². The van der Waals surface area contributed by atoms with Crippen molar-refractivity contribution in [2.75, 3.05) is 0 Å². The molecule has 0 radical (unpaired) electrons. The summed E-state index contributed by atoms with van der Waals surface area (Å²) in [7, 11) is 0. The maximum atomic E-state index is 4.09. The van der Waals surface area contributed by atoms with Crippen LogP contribution in [-0.4, -0.2) is 0 Å². The van der Waals surface area contributed by atoms with Crippen molar-refractivity contribution in [1.29, 1.82) is 0 Å². The number of hydrogen-bond donors (Lipinski definition) is 0. The molecule has 3 saturated carbocycles. The highest BCUT2D eigenvalue weighted by Gasteiger charge is 2.70. The fraction of sp³-hybridized carbons (Fsp3) is 0.818. The van der Waals surface area contributed by atoms with E-state index in [0.29, 0.717) is 0 Å². The van der Waals surface area contributed by atoms with Crippen molar-refractivity contribution in [1.82, 2.24) is 0 Å². The Morgan fingerprint density at radius 3 is 2.73 bits per heavy atom. The first-order chi connectivity index (χ1) is 5.24. The average Bonchev–Trinajstić information content (AvgIpc) is 2.54. The van der Waals surface area contributed by atoms with Crippen molar-refractivity contribution in [2.45, 2.75) is 32.6 Å². The molecular weight excluding hydrogens is 132 g/mol. The fourth-order valence-electron chi connectivity index (χ4n) is 3.82. The van der Waals surface area contributed by atoms with Crippen molar-refractivity contribution in [2.24, 2.45) is 23.2 Å². The lowest BCUT2D eigenvalue weighted by molar-refractivity contribution is 0.0888. The van der Waals surface area contributed by atoms with E-state index in [1.54, 1.807) is 6.42 Å². The van der Waals surface area contributed by atoms with E-state index in [2.05, 4.69) is 13.5 Å². The molecule has 4 unspecified atom stereocenters. The minimum atomic E-state index is 0.892. The van der Waals surface area contributed by atoms with Crippen LogP contribution in [0.15, 0.2) is 12.2 Å². The Hall–Kier alpha value is -0.260. The van der Waals surface area contributed by atoms with Crippen LogP contribution in [0.1, 0.15) is 32.6 Å². The highest BCUT2D eigenvalue weighted by Crippen LogP contribution is 2.78. The highest BCUT2D eigenvalue weighted by molar-refractivity contribution is 5.24. The Bertz CT molecular complexity index is 226. The van der Waals surface area contributed by atoms with E-state index >= 15 is 0 Å². The average molecular weight is 148 g/mol. The topological polar surface area (TPSA) is 0 Å². The molecule has 0 aromatic rings. The second-order valence-corrected chi connectivity index (χ2v) is 4.98. The van der Waals surface area contributed by atoms with Gasteiger partial charge in [0.05, 0.1) is 0 Å².